The van der Waals surface area contributed by atoms with E-state index in [2.05, 4.69) is 4.72 Å². The van der Waals surface area contributed by atoms with Crippen LogP contribution in [0, 0.1) is 6.92 Å². The van der Waals surface area contributed by atoms with Gasteiger partial charge in [-0.15, -0.1) is 0 Å². The maximum absolute atomic E-state index is 11.9. The van der Waals surface area contributed by atoms with Crippen molar-refractivity contribution in [2.45, 2.75) is 18.2 Å². The van der Waals surface area contributed by atoms with Crippen molar-refractivity contribution in [3.8, 4) is 0 Å². The summed E-state index contributed by atoms with van der Waals surface area (Å²) < 4.78 is 31.1. The van der Waals surface area contributed by atoms with E-state index in [1.807, 2.05) is 0 Å². The largest absolute Gasteiger partial charge is 0.385 e. The highest BCUT2D eigenvalue weighted by Crippen LogP contribution is 2.19. The summed E-state index contributed by atoms with van der Waals surface area (Å²) in [6, 6.07) is 4.63. The lowest BCUT2D eigenvalue weighted by molar-refractivity contribution is 0.196. The Balaban J connectivity index is 2.72. The Bertz CT molecular complexity index is 474. The second kappa shape index (κ2) is 6.35. The summed E-state index contributed by atoms with van der Waals surface area (Å²) in [4.78, 5) is 0.233. The molecular formula is C11H16ClNO3S. The number of aryl methyl sites for hydroxylation is 1. The molecule has 0 aliphatic heterocycles. The molecule has 0 aliphatic rings. The number of methoxy groups -OCH3 is 1. The average Bonchev–Trinajstić information content (AvgIpc) is 2.28. The van der Waals surface area contributed by atoms with E-state index in [0.717, 1.165) is 5.56 Å². The first-order chi connectivity index (χ1) is 7.97. The van der Waals surface area contributed by atoms with Crippen molar-refractivity contribution in [3.05, 3.63) is 28.8 Å². The molecule has 0 bridgehead atoms. The van der Waals surface area contributed by atoms with Crippen LogP contribution in [0.15, 0.2) is 23.1 Å². The lowest BCUT2D eigenvalue weighted by Crippen LogP contribution is -2.25. The van der Waals surface area contributed by atoms with Crippen molar-refractivity contribution in [1.82, 2.24) is 4.72 Å². The molecule has 0 aliphatic carbocycles. The third-order valence-corrected chi connectivity index (χ3v) is 4.14. The quantitative estimate of drug-likeness (QED) is 0.809. The fourth-order valence-corrected chi connectivity index (χ4v) is 2.57. The zero-order valence-electron chi connectivity index (χ0n) is 9.86. The summed E-state index contributed by atoms with van der Waals surface area (Å²) >= 11 is 5.84. The molecule has 0 radical (unpaired) electrons. The number of hydrogen-bond donors (Lipinski definition) is 1. The van der Waals surface area contributed by atoms with Gasteiger partial charge in [0.15, 0.2) is 0 Å². The number of sulfonamides is 1. The summed E-state index contributed by atoms with van der Waals surface area (Å²) in [5.41, 5.74) is 0.742. The van der Waals surface area contributed by atoms with Gasteiger partial charge >= 0.3 is 0 Å². The van der Waals surface area contributed by atoms with E-state index >= 15 is 0 Å². The molecule has 0 unspecified atom stereocenters. The van der Waals surface area contributed by atoms with Crippen molar-refractivity contribution >= 4 is 21.6 Å². The van der Waals surface area contributed by atoms with Crippen molar-refractivity contribution in [1.29, 1.82) is 0 Å². The van der Waals surface area contributed by atoms with Crippen molar-refractivity contribution in [2.24, 2.45) is 0 Å². The lowest BCUT2D eigenvalue weighted by Gasteiger charge is -2.07. The predicted octanol–water partition coefficient (Wildman–Crippen LogP) is 1.96. The maximum atomic E-state index is 11.9. The van der Waals surface area contributed by atoms with Gasteiger partial charge in [0.1, 0.15) is 0 Å². The van der Waals surface area contributed by atoms with Gasteiger partial charge in [-0.3, -0.25) is 0 Å². The van der Waals surface area contributed by atoms with Crippen LogP contribution in [0.1, 0.15) is 12.0 Å². The van der Waals surface area contributed by atoms with Crippen LogP contribution in [0.2, 0.25) is 5.02 Å². The Morgan fingerprint density at radius 1 is 1.41 bits per heavy atom. The van der Waals surface area contributed by atoms with Gasteiger partial charge in [0, 0.05) is 25.3 Å². The average molecular weight is 278 g/mol. The van der Waals surface area contributed by atoms with Crippen LogP contribution in [-0.4, -0.2) is 28.7 Å². The monoisotopic (exact) mass is 277 g/mol. The number of hydrogen-bond acceptors (Lipinski definition) is 3. The minimum atomic E-state index is -3.44. The summed E-state index contributed by atoms with van der Waals surface area (Å²) in [5.74, 6) is 0. The van der Waals surface area contributed by atoms with Crippen LogP contribution in [0.4, 0.5) is 0 Å². The molecule has 0 amide bonds. The van der Waals surface area contributed by atoms with Gasteiger partial charge in [0.05, 0.1) is 4.90 Å². The molecule has 0 aromatic heterocycles. The van der Waals surface area contributed by atoms with Gasteiger partial charge in [-0.1, -0.05) is 11.6 Å². The molecule has 1 aromatic carbocycles. The zero-order chi connectivity index (χ0) is 12.9. The normalized spacial score (nSPS) is 11.7. The van der Waals surface area contributed by atoms with Crippen LogP contribution in [0.3, 0.4) is 0 Å². The molecule has 96 valence electrons. The highest BCUT2D eigenvalue weighted by atomic mass is 35.5. The fraction of sp³-hybridized carbons (Fsp3) is 0.455. The van der Waals surface area contributed by atoms with E-state index in [1.165, 1.54) is 6.07 Å². The Morgan fingerprint density at radius 2 is 2.12 bits per heavy atom. The Labute approximate surface area is 107 Å². The first-order valence-electron chi connectivity index (χ1n) is 5.22. The number of ether oxygens (including phenoxy) is 1. The predicted molar refractivity (Wildman–Crippen MR) is 67.9 cm³/mol. The topological polar surface area (TPSA) is 55.4 Å². The van der Waals surface area contributed by atoms with Crippen molar-refractivity contribution in [3.63, 3.8) is 0 Å². The van der Waals surface area contributed by atoms with E-state index < -0.39 is 10.0 Å². The summed E-state index contributed by atoms with van der Waals surface area (Å²) in [5, 5.41) is 0.559. The minimum Gasteiger partial charge on any atom is -0.385 e. The highest BCUT2D eigenvalue weighted by Gasteiger charge is 2.13. The SMILES string of the molecule is COCCCNS(=O)(=O)c1ccc(Cl)c(C)c1. The van der Waals surface area contributed by atoms with Gasteiger partial charge in [0.2, 0.25) is 10.0 Å². The van der Waals surface area contributed by atoms with E-state index in [4.69, 9.17) is 16.3 Å². The second-order valence-corrected chi connectivity index (χ2v) is 5.83. The lowest BCUT2D eigenvalue weighted by atomic mass is 10.2. The molecule has 17 heavy (non-hydrogen) atoms. The molecule has 0 saturated heterocycles. The Morgan fingerprint density at radius 3 is 2.71 bits per heavy atom. The van der Waals surface area contributed by atoms with Crippen molar-refractivity contribution < 1.29 is 13.2 Å². The highest BCUT2D eigenvalue weighted by molar-refractivity contribution is 7.89. The standard InChI is InChI=1S/C11H16ClNO3S/c1-9-8-10(4-5-11(9)12)17(14,15)13-6-3-7-16-2/h4-5,8,13H,3,6-7H2,1-2H3. The van der Waals surface area contributed by atoms with E-state index in [-0.39, 0.29) is 4.90 Å². The van der Waals surface area contributed by atoms with Gasteiger partial charge in [-0.25, -0.2) is 13.1 Å². The number of nitrogens with one attached hydrogen (secondary N) is 1. The fourth-order valence-electron chi connectivity index (χ4n) is 1.29. The molecule has 0 atom stereocenters. The maximum Gasteiger partial charge on any atom is 0.240 e. The second-order valence-electron chi connectivity index (χ2n) is 3.66. The van der Waals surface area contributed by atoms with Crippen LogP contribution in [0.5, 0.6) is 0 Å². The number of benzene rings is 1. The first-order valence-corrected chi connectivity index (χ1v) is 7.08. The third-order valence-electron chi connectivity index (χ3n) is 2.26. The van der Waals surface area contributed by atoms with Gasteiger partial charge in [-0.2, -0.15) is 0 Å². The molecule has 1 aromatic rings. The van der Waals surface area contributed by atoms with E-state index in [0.29, 0.717) is 24.6 Å². The van der Waals surface area contributed by atoms with Gasteiger partial charge < -0.3 is 4.74 Å². The molecule has 1 rings (SSSR count). The van der Waals surface area contributed by atoms with Crippen LogP contribution in [-0.2, 0) is 14.8 Å². The third kappa shape index (κ3) is 4.27. The Hall–Kier alpha value is -0.620. The van der Waals surface area contributed by atoms with Crippen LogP contribution >= 0.6 is 11.6 Å². The first kappa shape index (κ1) is 14.4. The summed E-state index contributed by atoms with van der Waals surface area (Å²) in [6.45, 7) is 2.66. The Kier molecular flexibility index (Phi) is 5.39. The summed E-state index contributed by atoms with van der Waals surface area (Å²) in [7, 11) is -1.86. The van der Waals surface area contributed by atoms with Crippen molar-refractivity contribution in [2.75, 3.05) is 20.3 Å². The number of rotatable bonds is 6. The molecule has 0 saturated carbocycles. The molecule has 0 fully saturated rings. The molecular weight excluding hydrogens is 262 g/mol. The molecule has 0 spiro atoms. The summed E-state index contributed by atoms with van der Waals surface area (Å²) in [6.07, 6.45) is 0.641. The van der Waals surface area contributed by atoms with Gasteiger partial charge in [0.25, 0.3) is 0 Å². The van der Waals surface area contributed by atoms with Gasteiger partial charge in [-0.05, 0) is 37.1 Å². The smallest absolute Gasteiger partial charge is 0.240 e. The number of halogens is 1. The van der Waals surface area contributed by atoms with Crippen LogP contribution in [0.25, 0.3) is 0 Å². The zero-order valence-corrected chi connectivity index (χ0v) is 11.4. The van der Waals surface area contributed by atoms with Crippen LogP contribution < -0.4 is 4.72 Å². The molecule has 0 heterocycles. The van der Waals surface area contributed by atoms with E-state index in [1.54, 1.807) is 26.2 Å². The molecule has 4 nitrogen and oxygen atoms in total. The minimum absolute atomic E-state index is 0.233. The molecule has 6 heteroatoms. The van der Waals surface area contributed by atoms with E-state index in [9.17, 15) is 8.42 Å². The molecule has 1 N–H and O–H groups in total.